The number of ketones is 1. The van der Waals surface area contributed by atoms with E-state index in [1.54, 1.807) is 30.3 Å². The van der Waals surface area contributed by atoms with Crippen molar-refractivity contribution in [3.63, 3.8) is 0 Å². The van der Waals surface area contributed by atoms with Gasteiger partial charge in [0, 0.05) is 19.2 Å². The van der Waals surface area contributed by atoms with Gasteiger partial charge in [0.2, 0.25) is 5.78 Å². The minimum atomic E-state index is -0.663. The molecule has 0 unspecified atom stereocenters. The molecule has 2 N–H and O–H groups in total. The fourth-order valence-corrected chi connectivity index (χ4v) is 2.26. The van der Waals surface area contributed by atoms with Crippen LogP contribution in [0.25, 0.3) is 0 Å². The quantitative estimate of drug-likeness (QED) is 0.840. The lowest BCUT2D eigenvalue weighted by Crippen LogP contribution is -2.42. The third-order valence-corrected chi connectivity index (χ3v) is 3.58. The summed E-state index contributed by atoms with van der Waals surface area (Å²) in [5.74, 6) is -0.528. The maximum absolute atomic E-state index is 12.6. The maximum atomic E-state index is 12.6. The molecule has 22 heavy (non-hydrogen) atoms. The minimum Gasteiger partial charge on any atom is -0.384 e. The first-order valence-electron chi connectivity index (χ1n) is 7.18. The number of carbonyl (C=O) groups excluding carboxylic acids is 1. The smallest absolute Gasteiger partial charge is 0.332 e. The standard InChI is InChI=1S/C16H19N3O3/c1-3-4-10-19-14(17)12(15(21)18(2)16(19)22)13(20)11-8-6-5-7-9-11/h5-9H,3-4,10,17H2,1-2H3. The van der Waals surface area contributed by atoms with Gasteiger partial charge in [-0.2, -0.15) is 0 Å². The van der Waals surface area contributed by atoms with Crippen LogP contribution in [0.2, 0.25) is 0 Å². The largest absolute Gasteiger partial charge is 0.384 e. The first kappa shape index (κ1) is 15.8. The van der Waals surface area contributed by atoms with Crippen molar-refractivity contribution in [3.05, 3.63) is 62.3 Å². The molecule has 2 aromatic rings. The second kappa shape index (κ2) is 6.43. The number of nitrogens with zero attached hydrogens (tertiary/aromatic N) is 2. The van der Waals surface area contributed by atoms with Crippen molar-refractivity contribution in [1.82, 2.24) is 9.13 Å². The highest BCUT2D eigenvalue weighted by Crippen LogP contribution is 2.12. The fourth-order valence-electron chi connectivity index (χ4n) is 2.26. The molecule has 0 amide bonds. The summed E-state index contributed by atoms with van der Waals surface area (Å²) in [7, 11) is 1.36. The zero-order valence-corrected chi connectivity index (χ0v) is 12.7. The number of anilines is 1. The first-order chi connectivity index (χ1) is 10.5. The Hall–Kier alpha value is -2.63. The van der Waals surface area contributed by atoms with Crippen LogP contribution in [-0.4, -0.2) is 14.9 Å². The minimum absolute atomic E-state index is 0.0598. The van der Waals surface area contributed by atoms with Gasteiger partial charge in [0.1, 0.15) is 11.4 Å². The van der Waals surface area contributed by atoms with Gasteiger partial charge < -0.3 is 5.73 Å². The second-order valence-corrected chi connectivity index (χ2v) is 5.11. The molecule has 0 fully saturated rings. The van der Waals surface area contributed by atoms with Crippen LogP contribution in [0.4, 0.5) is 5.82 Å². The Balaban J connectivity index is 2.66. The Morgan fingerprint density at radius 1 is 1.18 bits per heavy atom. The van der Waals surface area contributed by atoms with Gasteiger partial charge in [0.25, 0.3) is 5.56 Å². The summed E-state index contributed by atoms with van der Waals surface area (Å²) in [6.07, 6.45) is 1.61. The highest BCUT2D eigenvalue weighted by Gasteiger charge is 2.22. The molecule has 0 aliphatic rings. The van der Waals surface area contributed by atoms with Crippen molar-refractivity contribution in [2.45, 2.75) is 26.3 Å². The van der Waals surface area contributed by atoms with Gasteiger partial charge in [0.15, 0.2) is 0 Å². The van der Waals surface area contributed by atoms with Crippen molar-refractivity contribution >= 4 is 11.6 Å². The molecule has 0 bridgehead atoms. The van der Waals surface area contributed by atoms with E-state index < -0.39 is 17.0 Å². The SMILES string of the molecule is CCCCn1c(N)c(C(=O)c2ccccc2)c(=O)n(C)c1=O. The summed E-state index contributed by atoms with van der Waals surface area (Å²) in [6, 6.07) is 8.42. The summed E-state index contributed by atoms with van der Waals surface area (Å²) in [6.45, 7) is 2.36. The van der Waals surface area contributed by atoms with Crippen LogP contribution in [0, 0.1) is 0 Å². The number of nitrogen functional groups attached to an aromatic ring is 1. The number of hydrogen-bond acceptors (Lipinski definition) is 4. The molecular formula is C16H19N3O3. The molecule has 116 valence electrons. The fraction of sp³-hybridized carbons (Fsp3) is 0.312. The number of hydrogen-bond donors (Lipinski definition) is 1. The monoisotopic (exact) mass is 301 g/mol. The van der Waals surface area contributed by atoms with E-state index in [1.807, 2.05) is 6.92 Å². The normalized spacial score (nSPS) is 10.6. The Morgan fingerprint density at radius 3 is 2.41 bits per heavy atom. The topological polar surface area (TPSA) is 87.1 Å². The molecule has 1 heterocycles. The van der Waals surface area contributed by atoms with Gasteiger partial charge in [-0.05, 0) is 6.42 Å². The third kappa shape index (κ3) is 2.72. The van der Waals surface area contributed by atoms with E-state index in [0.29, 0.717) is 12.1 Å². The number of carbonyl (C=O) groups is 1. The number of benzene rings is 1. The van der Waals surface area contributed by atoms with Crippen LogP contribution in [0.5, 0.6) is 0 Å². The average Bonchev–Trinajstić information content (AvgIpc) is 2.53. The Bertz CT molecular complexity index is 804. The molecule has 2 rings (SSSR count). The van der Waals surface area contributed by atoms with Crippen molar-refractivity contribution in [2.75, 3.05) is 5.73 Å². The summed E-state index contributed by atoms with van der Waals surface area (Å²) >= 11 is 0. The van der Waals surface area contributed by atoms with Gasteiger partial charge in [-0.15, -0.1) is 0 Å². The summed E-state index contributed by atoms with van der Waals surface area (Å²) in [5.41, 5.74) is 5.02. The van der Waals surface area contributed by atoms with E-state index in [2.05, 4.69) is 0 Å². The second-order valence-electron chi connectivity index (χ2n) is 5.11. The molecular weight excluding hydrogens is 282 g/mol. The van der Waals surface area contributed by atoms with Crippen molar-refractivity contribution < 1.29 is 4.79 Å². The highest BCUT2D eigenvalue weighted by atomic mass is 16.2. The van der Waals surface area contributed by atoms with Gasteiger partial charge in [-0.1, -0.05) is 43.7 Å². The summed E-state index contributed by atoms with van der Waals surface area (Å²) < 4.78 is 2.23. The van der Waals surface area contributed by atoms with E-state index >= 15 is 0 Å². The van der Waals surface area contributed by atoms with Crippen LogP contribution < -0.4 is 17.0 Å². The molecule has 1 aromatic carbocycles. The number of aromatic nitrogens is 2. The Labute approximate surface area is 127 Å². The molecule has 0 spiro atoms. The Kier molecular flexibility index (Phi) is 4.60. The molecule has 0 aliphatic heterocycles. The van der Waals surface area contributed by atoms with Gasteiger partial charge in [-0.3, -0.25) is 18.7 Å². The van der Waals surface area contributed by atoms with E-state index in [4.69, 9.17) is 5.73 Å². The third-order valence-electron chi connectivity index (χ3n) is 3.58. The molecule has 0 saturated carbocycles. The predicted molar refractivity (Wildman–Crippen MR) is 85.1 cm³/mol. The lowest BCUT2D eigenvalue weighted by atomic mass is 10.0. The maximum Gasteiger partial charge on any atom is 0.332 e. The molecule has 0 radical (unpaired) electrons. The van der Waals surface area contributed by atoms with Crippen molar-refractivity contribution in [2.24, 2.45) is 7.05 Å². The van der Waals surface area contributed by atoms with Crippen LogP contribution >= 0.6 is 0 Å². The lowest BCUT2D eigenvalue weighted by molar-refractivity contribution is 0.103. The van der Waals surface area contributed by atoms with Crippen LogP contribution in [-0.2, 0) is 13.6 Å². The molecule has 0 atom stereocenters. The zero-order valence-electron chi connectivity index (χ0n) is 12.7. The van der Waals surface area contributed by atoms with E-state index in [9.17, 15) is 14.4 Å². The molecule has 6 nitrogen and oxygen atoms in total. The average molecular weight is 301 g/mol. The predicted octanol–water partition coefficient (Wildman–Crippen LogP) is 1.16. The summed E-state index contributed by atoms with van der Waals surface area (Å²) in [5, 5.41) is 0. The first-order valence-corrected chi connectivity index (χ1v) is 7.18. The number of unbranched alkanes of at least 4 members (excludes halogenated alkanes) is 1. The van der Waals surface area contributed by atoms with E-state index in [-0.39, 0.29) is 11.4 Å². The molecule has 1 aromatic heterocycles. The molecule has 0 saturated heterocycles. The van der Waals surface area contributed by atoms with E-state index in [0.717, 1.165) is 17.4 Å². The zero-order chi connectivity index (χ0) is 16.3. The van der Waals surface area contributed by atoms with Crippen molar-refractivity contribution in [3.8, 4) is 0 Å². The Morgan fingerprint density at radius 2 is 1.82 bits per heavy atom. The van der Waals surface area contributed by atoms with Crippen LogP contribution in [0.15, 0.2) is 39.9 Å². The van der Waals surface area contributed by atoms with Crippen LogP contribution in [0.1, 0.15) is 35.7 Å². The molecule has 0 aliphatic carbocycles. The summed E-state index contributed by atoms with van der Waals surface area (Å²) in [4.78, 5) is 37.0. The highest BCUT2D eigenvalue weighted by molar-refractivity contribution is 6.11. The van der Waals surface area contributed by atoms with Crippen molar-refractivity contribution in [1.29, 1.82) is 0 Å². The lowest BCUT2D eigenvalue weighted by Gasteiger charge is -2.14. The van der Waals surface area contributed by atoms with Gasteiger partial charge in [-0.25, -0.2) is 4.79 Å². The molecule has 6 heteroatoms. The van der Waals surface area contributed by atoms with Crippen LogP contribution in [0.3, 0.4) is 0 Å². The number of rotatable bonds is 5. The number of nitrogens with two attached hydrogens (primary N) is 1. The van der Waals surface area contributed by atoms with E-state index in [1.165, 1.54) is 11.6 Å². The van der Waals surface area contributed by atoms with Gasteiger partial charge >= 0.3 is 5.69 Å². The van der Waals surface area contributed by atoms with Gasteiger partial charge in [0.05, 0.1) is 0 Å².